The zero-order valence-corrected chi connectivity index (χ0v) is 22.3. The fourth-order valence-electron chi connectivity index (χ4n) is 5.10. The fraction of sp³-hybridized carbons (Fsp3) is 0.808. The normalized spacial score (nSPS) is 24.3. The minimum absolute atomic E-state index is 0.0759. The Bertz CT molecular complexity index is 804. The standard InChI is InChI=1S/C26H44N4O5/c1-15(2)12-20(32)29-22(26(5,6)7)25(35)30-11-9-19(16(3)4)21(30)24(34)28-18(14-31)13-17-8-10-27-23(17)33/h14-19,21-22H,8-13H2,1-7H3,(H,27,33)(H,28,34)(H,29,32)/t17-,18-,19+,21-,22+/m0/s1. The van der Waals surface area contributed by atoms with Crippen molar-refractivity contribution in [2.45, 2.75) is 92.3 Å². The number of nitrogens with zero attached hydrogens (tertiary/aromatic N) is 1. The maximum atomic E-state index is 13.8. The van der Waals surface area contributed by atoms with E-state index in [1.165, 1.54) is 0 Å². The highest BCUT2D eigenvalue weighted by atomic mass is 16.2. The van der Waals surface area contributed by atoms with Gasteiger partial charge in [0.05, 0.1) is 6.04 Å². The van der Waals surface area contributed by atoms with E-state index in [1.54, 1.807) is 4.90 Å². The molecule has 2 rings (SSSR count). The smallest absolute Gasteiger partial charge is 0.246 e. The van der Waals surface area contributed by atoms with E-state index in [-0.39, 0.29) is 53.7 Å². The zero-order valence-electron chi connectivity index (χ0n) is 22.3. The van der Waals surface area contributed by atoms with Crippen LogP contribution in [0.4, 0.5) is 0 Å². The number of amides is 4. The molecule has 2 aliphatic heterocycles. The molecule has 0 aliphatic carbocycles. The van der Waals surface area contributed by atoms with Gasteiger partial charge in [-0.3, -0.25) is 19.2 Å². The highest BCUT2D eigenvalue weighted by Crippen LogP contribution is 2.33. The largest absolute Gasteiger partial charge is 0.356 e. The van der Waals surface area contributed by atoms with Crippen LogP contribution in [-0.2, 0) is 24.0 Å². The second kappa shape index (κ2) is 12.0. The predicted molar refractivity (Wildman–Crippen MR) is 133 cm³/mol. The Hall–Kier alpha value is -2.45. The molecule has 5 atom stereocenters. The molecule has 2 fully saturated rings. The highest BCUT2D eigenvalue weighted by Gasteiger charge is 2.47. The Labute approximate surface area is 209 Å². The van der Waals surface area contributed by atoms with Crippen molar-refractivity contribution in [2.24, 2.45) is 29.1 Å². The average molecular weight is 493 g/mol. The topological polar surface area (TPSA) is 125 Å². The molecule has 0 spiro atoms. The second-order valence-corrected chi connectivity index (χ2v) is 11.9. The lowest BCUT2D eigenvalue weighted by molar-refractivity contribution is -0.145. The fourth-order valence-corrected chi connectivity index (χ4v) is 5.10. The number of likely N-dealkylation sites (tertiary alicyclic amines) is 1. The summed E-state index contributed by atoms with van der Waals surface area (Å²) < 4.78 is 0. The van der Waals surface area contributed by atoms with Crippen LogP contribution in [-0.4, -0.2) is 66.0 Å². The van der Waals surface area contributed by atoms with Crippen LogP contribution in [0.15, 0.2) is 0 Å². The van der Waals surface area contributed by atoms with E-state index in [0.717, 1.165) is 0 Å². The van der Waals surface area contributed by atoms with E-state index < -0.39 is 23.5 Å². The van der Waals surface area contributed by atoms with Crippen LogP contribution in [0.25, 0.3) is 0 Å². The van der Waals surface area contributed by atoms with Crippen LogP contribution in [0.5, 0.6) is 0 Å². The third-order valence-corrected chi connectivity index (χ3v) is 7.06. The van der Waals surface area contributed by atoms with E-state index in [1.807, 2.05) is 48.5 Å². The molecule has 0 aromatic carbocycles. The number of carbonyl (C=O) groups is 5. The van der Waals surface area contributed by atoms with Gasteiger partial charge in [-0.15, -0.1) is 0 Å². The van der Waals surface area contributed by atoms with Crippen molar-refractivity contribution in [3.8, 4) is 0 Å². The quantitative estimate of drug-likeness (QED) is 0.400. The molecule has 198 valence electrons. The second-order valence-electron chi connectivity index (χ2n) is 11.9. The molecule has 35 heavy (non-hydrogen) atoms. The molecule has 2 heterocycles. The van der Waals surface area contributed by atoms with Crippen molar-refractivity contribution in [2.75, 3.05) is 13.1 Å². The van der Waals surface area contributed by atoms with Gasteiger partial charge < -0.3 is 25.6 Å². The maximum Gasteiger partial charge on any atom is 0.246 e. The van der Waals surface area contributed by atoms with Crippen molar-refractivity contribution >= 4 is 29.9 Å². The number of hydrogen-bond donors (Lipinski definition) is 3. The summed E-state index contributed by atoms with van der Waals surface area (Å²) in [5, 5.41) is 8.46. The molecule has 2 saturated heterocycles. The summed E-state index contributed by atoms with van der Waals surface area (Å²) in [5.41, 5.74) is -0.554. The van der Waals surface area contributed by atoms with Crippen LogP contribution in [0, 0.1) is 29.1 Å². The van der Waals surface area contributed by atoms with Gasteiger partial charge in [0.2, 0.25) is 23.6 Å². The third kappa shape index (κ3) is 7.51. The molecule has 0 radical (unpaired) electrons. The molecule has 0 saturated carbocycles. The Kier molecular flexibility index (Phi) is 9.86. The van der Waals surface area contributed by atoms with E-state index in [9.17, 15) is 24.0 Å². The van der Waals surface area contributed by atoms with Gasteiger partial charge in [-0.25, -0.2) is 0 Å². The summed E-state index contributed by atoms with van der Waals surface area (Å²) in [7, 11) is 0. The van der Waals surface area contributed by atoms with E-state index >= 15 is 0 Å². The van der Waals surface area contributed by atoms with E-state index in [0.29, 0.717) is 38.6 Å². The van der Waals surface area contributed by atoms with Crippen LogP contribution in [0.2, 0.25) is 0 Å². The third-order valence-electron chi connectivity index (χ3n) is 7.06. The highest BCUT2D eigenvalue weighted by molar-refractivity contribution is 5.94. The lowest BCUT2D eigenvalue weighted by atomic mass is 9.84. The SMILES string of the molecule is CC(C)CC(=O)N[C@H](C(=O)N1CC[C@H](C(C)C)[C@H]1C(=O)N[C@H](C=O)C[C@@H]1CCNC1=O)C(C)(C)C. The first-order valence-electron chi connectivity index (χ1n) is 12.9. The number of carbonyl (C=O) groups excluding carboxylic acids is 5. The molecular formula is C26H44N4O5. The maximum absolute atomic E-state index is 13.8. The Balaban J connectivity index is 2.24. The predicted octanol–water partition coefficient (Wildman–Crippen LogP) is 1.65. The minimum Gasteiger partial charge on any atom is -0.356 e. The monoisotopic (exact) mass is 492 g/mol. The lowest BCUT2D eigenvalue weighted by Gasteiger charge is -2.37. The summed E-state index contributed by atoms with van der Waals surface area (Å²) in [5.74, 6) is -1.05. The van der Waals surface area contributed by atoms with Gasteiger partial charge in [-0.1, -0.05) is 48.5 Å². The molecule has 2 aliphatic rings. The summed E-state index contributed by atoms with van der Waals surface area (Å²) in [6.07, 6.45) is 2.51. The zero-order chi connectivity index (χ0) is 26.5. The molecule has 9 nitrogen and oxygen atoms in total. The summed E-state index contributed by atoms with van der Waals surface area (Å²) in [6.45, 7) is 14.6. The van der Waals surface area contributed by atoms with E-state index in [4.69, 9.17) is 0 Å². The van der Waals surface area contributed by atoms with Gasteiger partial charge >= 0.3 is 0 Å². The Morgan fingerprint density at radius 1 is 1.11 bits per heavy atom. The van der Waals surface area contributed by atoms with Gasteiger partial charge in [-0.05, 0) is 42.4 Å². The van der Waals surface area contributed by atoms with Crippen LogP contribution in [0.1, 0.15) is 74.1 Å². The lowest BCUT2D eigenvalue weighted by Crippen LogP contribution is -2.59. The van der Waals surface area contributed by atoms with Gasteiger partial charge in [0, 0.05) is 25.4 Å². The van der Waals surface area contributed by atoms with Crippen molar-refractivity contribution in [1.82, 2.24) is 20.9 Å². The van der Waals surface area contributed by atoms with Crippen LogP contribution < -0.4 is 16.0 Å². The van der Waals surface area contributed by atoms with Crippen LogP contribution in [0.3, 0.4) is 0 Å². The Morgan fingerprint density at radius 3 is 2.26 bits per heavy atom. The number of hydrogen-bond acceptors (Lipinski definition) is 5. The van der Waals surface area contributed by atoms with Crippen molar-refractivity contribution in [3.63, 3.8) is 0 Å². The van der Waals surface area contributed by atoms with Crippen LogP contribution >= 0.6 is 0 Å². The minimum atomic E-state index is -0.800. The first kappa shape index (κ1) is 28.8. The summed E-state index contributed by atoms with van der Waals surface area (Å²) in [4.78, 5) is 65.1. The Morgan fingerprint density at radius 2 is 1.77 bits per heavy atom. The molecule has 0 unspecified atom stereocenters. The molecule has 0 aromatic rings. The molecule has 9 heteroatoms. The van der Waals surface area contributed by atoms with Crippen molar-refractivity contribution in [1.29, 1.82) is 0 Å². The number of rotatable bonds is 10. The van der Waals surface area contributed by atoms with Gasteiger partial charge in [0.25, 0.3) is 0 Å². The molecule has 4 amide bonds. The molecule has 0 bridgehead atoms. The molecule has 3 N–H and O–H groups in total. The van der Waals surface area contributed by atoms with Gasteiger partial charge in [0.15, 0.2) is 0 Å². The average Bonchev–Trinajstić information content (AvgIpc) is 3.36. The van der Waals surface area contributed by atoms with Crippen molar-refractivity contribution < 1.29 is 24.0 Å². The molecule has 0 aromatic heterocycles. The molecular weight excluding hydrogens is 448 g/mol. The number of nitrogens with one attached hydrogen (secondary N) is 3. The summed E-state index contributed by atoms with van der Waals surface area (Å²) in [6, 6.07) is -2.32. The van der Waals surface area contributed by atoms with Gasteiger partial charge in [-0.2, -0.15) is 0 Å². The van der Waals surface area contributed by atoms with E-state index in [2.05, 4.69) is 16.0 Å². The van der Waals surface area contributed by atoms with Crippen molar-refractivity contribution in [3.05, 3.63) is 0 Å². The first-order valence-corrected chi connectivity index (χ1v) is 12.9. The number of aldehydes is 1. The first-order chi connectivity index (χ1) is 16.3. The summed E-state index contributed by atoms with van der Waals surface area (Å²) >= 11 is 0. The van der Waals surface area contributed by atoms with Gasteiger partial charge in [0.1, 0.15) is 18.4 Å².